The number of benzene rings is 1. The van der Waals surface area contributed by atoms with Gasteiger partial charge < -0.3 is 10.1 Å². The highest BCUT2D eigenvalue weighted by Gasteiger charge is 2.01. The van der Waals surface area contributed by atoms with E-state index >= 15 is 0 Å². The average Bonchev–Trinajstić information content (AvgIpc) is 2.73. The van der Waals surface area contributed by atoms with Crippen molar-refractivity contribution in [2.75, 3.05) is 5.32 Å². The number of nitrogens with zero attached hydrogens (tertiary/aromatic N) is 1. The molecule has 0 atom stereocenters. The van der Waals surface area contributed by atoms with Crippen LogP contribution in [-0.4, -0.2) is 11.1 Å². The molecule has 1 heterocycles. The van der Waals surface area contributed by atoms with Gasteiger partial charge in [-0.15, -0.1) is 11.3 Å². The third-order valence-corrected chi connectivity index (χ3v) is 3.46. The molecular weight excluding hydrogens is 244 g/mol. The lowest BCUT2D eigenvalue weighted by molar-refractivity contribution is 0.242. The van der Waals surface area contributed by atoms with Crippen LogP contribution in [0.15, 0.2) is 29.8 Å². The molecule has 1 aromatic heterocycles. The second-order valence-corrected chi connectivity index (χ2v) is 5.34. The molecular formula is C14H18N2OS. The molecule has 0 radical (unpaired) electrons. The Kier molecular flexibility index (Phi) is 4.20. The number of rotatable bonds is 5. The topological polar surface area (TPSA) is 34.2 Å². The van der Waals surface area contributed by atoms with E-state index in [0.717, 1.165) is 23.7 Å². The number of nitrogens with one attached hydrogen (secondary N) is 1. The predicted octanol–water partition coefficient (Wildman–Crippen LogP) is 3.85. The van der Waals surface area contributed by atoms with Crippen LogP contribution < -0.4 is 10.1 Å². The summed E-state index contributed by atoms with van der Waals surface area (Å²) in [4.78, 5) is 5.51. The lowest BCUT2D eigenvalue weighted by atomic mass is 10.3. The van der Waals surface area contributed by atoms with Crippen molar-refractivity contribution in [3.05, 3.63) is 40.3 Å². The van der Waals surface area contributed by atoms with Crippen molar-refractivity contribution in [1.82, 2.24) is 4.98 Å². The number of thiazole rings is 1. The van der Waals surface area contributed by atoms with Gasteiger partial charge in [0.1, 0.15) is 5.75 Å². The Balaban J connectivity index is 1.92. The highest BCUT2D eigenvalue weighted by atomic mass is 32.1. The second kappa shape index (κ2) is 5.87. The third kappa shape index (κ3) is 3.47. The molecule has 0 aliphatic heterocycles. The van der Waals surface area contributed by atoms with E-state index in [1.54, 1.807) is 11.3 Å². The lowest BCUT2D eigenvalue weighted by Crippen LogP contribution is -2.05. The number of hydrogen-bond donors (Lipinski definition) is 1. The molecule has 0 bridgehead atoms. The van der Waals surface area contributed by atoms with Crippen LogP contribution in [0.5, 0.6) is 5.75 Å². The molecule has 2 aromatic rings. The summed E-state index contributed by atoms with van der Waals surface area (Å²) < 4.78 is 5.60. The molecule has 2 rings (SSSR count). The lowest BCUT2D eigenvalue weighted by Gasteiger charge is -2.10. The Bertz CT molecular complexity index is 491. The molecule has 18 heavy (non-hydrogen) atoms. The fraction of sp³-hybridized carbons (Fsp3) is 0.357. The Hall–Kier alpha value is -1.55. The standard InChI is InChI=1S/C14H18N2OS/c1-10(2)17-13-6-4-12(5-7-13)15-8-14-11(3)16-9-18-14/h4-7,9-10,15H,8H2,1-3H3. The van der Waals surface area contributed by atoms with Crippen molar-refractivity contribution in [3.63, 3.8) is 0 Å². The maximum absolute atomic E-state index is 5.60. The number of aromatic nitrogens is 1. The Morgan fingerprint density at radius 2 is 2.00 bits per heavy atom. The highest BCUT2D eigenvalue weighted by Crippen LogP contribution is 2.19. The highest BCUT2D eigenvalue weighted by molar-refractivity contribution is 7.09. The monoisotopic (exact) mass is 262 g/mol. The molecule has 0 unspecified atom stereocenters. The molecule has 0 saturated heterocycles. The van der Waals surface area contributed by atoms with Gasteiger partial charge in [0.15, 0.2) is 0 Å². The van der Waals surface area contributed by atoms with Gasteiger partial charge in [0.05, 0.1) is 23.9 Å². The first-order valence-electron chi connectivity index (χ1n) is 6.04. The fourth-order valence-corrected chi connectivity index (χ4v) is 2.32. The minimum Gasteiger partial charge on any atom is -0.491 e. The van der Waals surface area contributed by atoms with Crippen LogP contribution >= 0.6 is 11.3 Å². The zero-order chi connectivity index (χ0) is 13.0. The van der Waals surface area contributed by atoms with E-state index in [9.17, 15) is 0 Å². The van der Waals surface area contributed by atoms with Crippen molar-refractivity contribution < 1.29 is 4.74 Å². The zero-order valence-electron chi connectivity index (χ0n) is 10.9. The van der Waals surface area contributed by atoms with Gasteiger partial charge >= 0.3 is 0 Å². The Morgan fingerprint density at radius 1 is 1.28 bits per heavy atom. The normalized spacial score (nSPS) is 10.7. The van der Waals surface area contributed by atoms with E-state index in [1.807, 2.05) is 50.5 Å². The molecule has 0 amide bonds. The molecule has 4 heteroatoms. The maximum atomic E-state index is 5.60. The van der Waals surface area contributed by atoms with Crippen LogP contribution in [0.2, 0.25) is 0 Å². The van der Waals surface area contributed by atoms with Gasteiger partial charge in [-0.05, 0) is 45.0 Å². The van der Waals surface area contributed by atoms with Crippen molar-refractivity contribution in [1.29, 1.82) is 0 Å². The van der Waals surface area contributed by atoms with Crippen LogP contribution in [0, 0.1) is 6.92 Å². The largest absolute Gasteiger partial charge is 0.491 e. The van der Waals surface area contributed by atoms with E-state index in [2.05, 4.69) is 10.3 Å². The van der Waals surface area contributed by atoms with E-state index in [-0.39, 0.29) is 6.10 Å². The summed E-state index contributed by atoms with van der Waals surface area (Å²) >= 11 is 1.68. The van der Waals surface area contributed by atoms with Gasteiger partial charge in [-0.2, -0.15) is 0 Å². The van der Waals surface area contributed by atoms with Gasteiger partial charge in [-0.3, -0.25) is 0 Å². The van der Waals surface area contributed by atoms with Gasteiger partial charge in [0.2, 0.25) is 0 Å². The third-order valence-electron chi connectivity index (χ3n) is 2.52. The number of aryl methyl sites for hydroxylation is 1. The first kappa shape index (κ1) is 12.9. The molecule has 1 N–H and O–H groups in total. The summed E-state index contributed by atoms with van der Waals surface area (Å²) in [5, 5.41) is 3.38. The van der Waals surface area contributed by atoms with E-state index in [4.69, 9.17) is 4.74 Å². The smallest absolute Gasteiger partial charge is 0.119 e. The molecule has 96 valence electrons. The van der Waals surface area contributed by atoms with Crippen molar-refractivity contribution >= 4 is 17.0 Å². The van der Waals surface area contributed by atoms with Crippen LogP contribution in [0.1, 0.15) is 24.4 Å². The van der Waals surface area contributed by atoms with Gasteiger partial charge in [-0.25, -0.2) is 4.98 Å². The molecule has 0 fully saturated rings. The summed E-state index contributed by atoms with van der Waals surface area (Å²) in [6.45, 7) is 6.91. The maximum Gasteiger partial charge on any atom is 0.119 e. The molecule has 1 aromatic carbocycles. The van der Waals surface area contributed by atoms with Crippen LogP contribution in [0.4, 0.5) is 5.69 Å². The summed E-state index contributed by atoms with van der Waals surface area (Å²) in [6.07, 6.45) is 0.212. The summed E-state index contributed by atoms with van der Waals surface area (Å²) in [6, 6.07) is 8.05. The van der Waals surface area contributed by atoms with E-state index < -0.39 is 0 Å². The van der Waals surface area contributed by atoms with Crippen molar-refractivity contribution in [2.45, 2.75) is 33.4 Å². The van der Waals surface area contributed by atoms with Crippen LogP contribution in [-0.2, 0) is 6.54 Å². The van der Waals surface area contributed by atoms with Gasteiger partial charge in [-0.1, -0.05) is 0 Å². The Labute approximate surface area is 112 Å². The van der Waals surface area contributed by atoms with Crippen molar-refractivity contribution in [2.24, 2.45) is 0 Å². The van der Waals surface area contributed by atoms with Gasteiger partial charge in [0.25, 0.3) is 0 Å². The number of anilines is 1. The average molecular weight is 262 g/mol. The minimum absolute atomic E-state index is 0.212. The summed E-state index contributed by atoms with van der Waals surface area (Å²) in [7, 11) is 0. The number of ether oxygens (including phenoxy) is 1. The van der Waals surface area contributed by atoms with E-state index in [0.29, 0.717) is 0 Å². The second-order valence-electron chi connectivity index (χ2n) is 4.41. The first-order valence-corrected chi connectivity index (χ1v) is 6.92. The predicted molar refractivity (Wildman–Crippen MR) is 76.4 cm³/mol. The Morgan fingerprint density at radius 3 is 2.56 bits per heavy atom. The zero-order valence-corrected chi connectivity index (χ0v) is 11.8. The van der Waals surface area contributed by atoms with Crippen molar-refractivity contribution in [3.8, 4) is 5.75 Å². The van der Waals surface area contributed by atoms with Crippen LogP contribution in [0.25, 0.3) is 0 Å². The quantitative estimate of drug-likeness (QED) is 0.888. The molecule has 0 saturated carbocycles. The first-order chi connectivity index (χ1) is 8.65. The molecule has 3 nitrogen and oxygen atoms in total. The summed E-state index contributed by atoms with van der Waals surface area (Å²) in [5.41, 5.74) is 4.08. The molecule has 0 aliphatic carbocycles. The molecule has 0 aliphatic rings. The summed E-state index contributed by atoms with van der Waals surface area (Å²) in [5.74, 6) is 0.907. The fourth-order valence-electron chi connectivity index (χ4n) is 1.60. The molecule has 0 spiro atoms. The number of hydrogen-bond acceptors (Lipinski definition) is 4. The van der Waals surface area contributed by atoms with Crippen LogP contribution in [0.3, 0.4) is 0 Å². The van der Waals surface area contributed by atoms with E-state index in [1.165, 1.54) is 4.88 Å². The van der Waals surface area contributed by atoms with Gasteiger partial charge in [0, 0.05) is 10.6 Å². The minimum atomic E-state index is 0.212. The SMILES string of the molecule is Cc1ncsc1CNc1ccc(OC(C)C)cc1.